The van der Waals surface area contributed by atoms with E-state index in [1.165, 1.54) is 17.1 Å². The lowest BCUT2D eigenvalue weighted by atomic mass is 9.89. The molecule has 0 amide bonds. The van der Waals surface area contributed by atoms with E-state index in [0.717, 1.165) is 22.6 Å². The number of rotatable bonds is 4. The number of nitrogens with zero attached hydrogens (tertiary/aromatic N) is 2. The molecule has 0 saturated heterocycles. The topological polar surface area (TPSA) is 46.0 Å². The van der Waals surface area contributed by atoms with Gasteiger partial charge < -0.3 is 5.11 Å². The Labute approximate surface area is 124 Å². The van der Waals surface area contributed by atoms with E-state index in [0.29, 0.717) is 6.42 Å². The van der Waals surface area contributed by atoms with Gasteiger partial charge >= 0.3 is 0 Å². The van der Waals surface area contributed by atoms with Gasteiger partial charge in [-0.3, -0.25) is 0 Å². The van der Waals surface area contributed by atoms with Crippen LogP contribution >= 0.6 is 11.5 Å². The molecule has 1 N–H and O–H groups in total. The maximum atomic E-state index is 10.5. The van der Waals surface area contributed by atoms with Gasteiger partial charge in [-0.25, -0.2) is 0 Å². The Morgan fingerprint density at radius 1 is 1.15 bits per heavy atom. The molecule has 4 heteroatoms. The molecule has 2 rings (SSSR count). The summed E-state index contributed by atoms with van der Waals surface area (Å²) < 4.78 is 4.01. The Hall–Kier alpha value is -1.26. The summed E-state index contributed by atoms with van der Waals surface area (Å²) >= 11 is 1.30. The summed E-state index contributed by atoms with van der Waals surface area (Å²) in [7, 11) is 0. The van der Waals surface area contributed by atoms with E-state index < -0.39 is 6.10 Å². The molecule has 0 aliphatic heterocycles. The molecule has 20 heavy (non-hydrogen) atoms. The largest absolute Gasteiger partial charge is 0.387 e. The van der Waals surface area contributed by atoms with Gasteiger partial charge in [0.05, 0.1) is 16.7 Å². The first-order valence-electron chi connectivity index (χ1n) is 7.00. The average molecular weight is 290 g/mol. The van der Waals surface area contributed by atoms with Crippen molar-refractivity contribution in [2.45, 2.75) is 52.1 Å². The number of aryl methyl sites for hydroxylation is 1. The fourth-order valence-electron chi connectivity index (χ4n) is 2.16. The van der Waals surface area contributed by atoms with Crippen LogP contribution in [-0.2, 0) is 18.3 Å². The predicted molar refractivity (Wildman–Crippen MR) is 83.1 cm³/mol. The van der Waals surface area contributed by atoms with Crippen LogP contribution in [0, 0.1) is 0 Å². The zero-order valence-electron chi connectivity index (χ0n) is 12.6. The van der Waals surface area contributed by atoms with Crippen LogP contribution in [0.15, 0.2) is 24.3 Å². The van der Waals surface area contributed by atoms with Crippen LogP contribution < -0.4 is 0 Å². The van der Waals surface area contributed by atoms with Crippen molar-refractivity contribution >= 4 is 11.5 Å². The van der Waals surface area contributed by atoms with E-state index in [-0.39, 0.29) is 5.41 Å². The minimum atomic E-state index is -0.531. The Morgan fingerprint density at radius 3 is 2.30 bits per heavy atom. The first-order valence-corrected chi connectivity index (χ1v) is 7.77. The molecule has 1 aromatic carbocycles. The monoisotopic (exact) mass is 290 g/mol. The van der Waals surface area contributed by atoms with Crippen LogP contribution in [0.4, 0.5) is 0 Å². The zero-order valence-corrected chi connectivity index (χ0v) is 13.4. The van der Waals surface area contributed by atoms with Gasteiger partial charge in [0.2, 0.25) is 0 Å². The molecule has 3 nitrogen and oxygen atoms in total. The van der Waals surface area contributed by atoms with Gasteiger partial charge in [-0.05, 0) is 29.1 Å². The highest BCUT2D eigenvalue weighted by Gasteiger charge is 2.26. The second kappa shape index (κ2) is 6.02. The van der Waals surface area contributed by atoms with Gasteiger partial charge in [0.25, 0.3) is 0 Å². The molecular weight excluding hydrogens is 268 g/mol. The molecule has 0 fully saturated rings. The summed E-state index contributed by atoms with van der Waals surface area (Å²) in [6.45, 7) is 8.42. The predicted octanol–water partition coefficient (Wildman–Crippen LogP) is 3.67. The number of hydrogen-bond donors (Lipinski definition) is 1. The molecule has 2 aromatic rings. The first-order chi connectivity index (χ1) is 9.41. The van der Waals surface area contributed by atoms with Crippen molar-refractivity contribution in [1.82, 2.24) is 9.59 Å². The molecule has 1 aromatic heterocycles. The number of benzene rings is 1. The Balaban J connectivity index is 2.15. The highest BCUT2D eigenvalue weighted by molar-refractivity contribution is 7.05. The molecule has 108 valence electrons. The summed E-state index contributed by atoms with van der Waals surface area (Å²) in [5, 5.41) is 14.6. The van der Waals surface area contributed by atoms with Gasteiger partial charge in [0.1, 0.15) is 0 Å². The van der Waals surface area contributed by atoms with Crippen LogP contribution in [0.2, 0.25) is 0 Å². The third-order valence-electron chi connectivity index (χ3n) is 3.39. The standard InChI is InChI=1S/C16H22N2OS/c1-5-11-6-8-12(9-7-11)10-13(19)14-15(16(2,3)4)17-18-20-14/h6-9,13,19H,5,10H2,1-4H3. The zero-order chi connectivity index (χ0) is 14.8. The fraction of sp³-hybridized carbons (Fsp3) is 0.500. The summed E-state index contributed by atoms with van der Waals surface area (Å²) in [6, 6.07) is 8.43. The highest BCUT2D eigenvalue weighted by atomic mass is 32.1. The second-order valence-corrected chi connectivity index (χ2v) is 6.91. The third kappa shape index (κ3) is 3.44. The fourth-order valence-corrected chi connectivity index (χ4v) is 3.01. The summed E-state index contributed by atoms with van der Waals surface area (Å²) in [6.07, 6.45) is 1.11. The molecule has 0 bridgehead atoms. The molecule has 0 aliphatic rings. The Kier molecular flexibility index (Phi) is 4.55. The number of aliphatic hydroxyl groups excluding tert-OH is 1. The lowest BCUT2D eigenvalue weighted by Gasteiger charge is -2.19. The molecular formula is C16H22N2OS. The number of aromatic nitrogens is 2. The van der Waals surface area contributed by atoms with Crippen LogP contribution in [0.1, 0.15) is 55.5 Å². The van der Waals surface area contributed by atoms with Crippen molar-refractivity contribution in [2.24, 2.45) is 0 Å². The van der Waals surface area contributed by atoms with E-state index in [4.69, 9.17) is 0 Å². The lowest BCUT2D eigenvalue weighted by molar-refractivity contribution is 0.179. The van der Waals surface area contributed by atoms with Crippen molar-refractivity contribution < 1.29 is 5.11 Å². The molecule has 0 saturated carbocycles. The number of hydrogen-bond acceptors (Lipinski definition) is 4. The maximum absolute atomic E-state index is 10.5. The van der Waals surface area contributed by atoms with E-state index in [9.17, 15) is 5.11 Å². The number of aliphatic hydroxyl groups is 1. The first kappa shape index (κ1) is 15.1. The normalized spacial score (nSPS) is 13.4. The van der Waals surface area contributed by atoms with Gasteiger partial charge in [-0.1, -0.05) is 56.4 Å². The molecule has 0 radical (unpaired) electrons. The molecule has 0 aliphatic carbocycles. The SMILES string of the molecule is CCc1ccc(CC(O)c2snnc2C(C)(C)C)cc1. The molecule has 0 spiro atoms. The van der Waals surface area contributed by atoms with E-state index >= 15 is 0 Å². The molecule has 1 atom stereocenters. The van der Waals surface area contributed by atoms with Crippen LogP contribution in [-0.4, -0.2) is 14.7 Å². The van der Waals surface area contributed by atoms with E-state index in [2.05, 4.69) is 61.5 Å². The van der Waals surface area contributed by atoms with Gasteiger partial charge in [0, 0.05) is 11.8 Å². The summed E-state index contributed by atoms with van der Waals surface area (Å²) in [5.74, 6) is 0. The van der Waals surface area contributed by atoms with Gasteiger partial charge in [0.15, 0.2) is 0 Å². The maximum Gasteiger partial charge on any atom is 0.0957 e. The van der Waals surface area contributed by atoms with Crippen LogP contribution in [0.3, 0.4) is 0 Å². The third-order valence-corrected chi connectivity index (χ3v) is 4.21. The minimum absolute atomic E-state index is 0.0879. The van der Waals surface area contributed by atoms with Crippen molar-refractivity contribution in [3.63, 3.8) is 0 Å². The van der Waals surface area contributed by atoms with Crippen molar-refractivity contribution in [1.29, 1.82) is 0 Å². The quantitative estimate of drug-likeness (QED) is 0.934. The van der Waals surface area contributed by atoms with Crippen molar-refractivity contribution in [2.75, 3.05) is 0 Å². The van der Waals surface area contributed by atoms with E-state index in [1.54, 1.807) is 0 Å². The summed E-state index contributed by atoms with van der Waals surface area (Å²) in [5.41, 5.74) is 3.27. The Morgan fingerprint density at radius 2 is 1.75 bits per heavy atom. The lowest BCUT2D eigenvalue weighted by Crippen LogP contribution is -2.16. The van der Waals surface area contributed by atoms with Crippen molar-refractivity contribution in [3.05, 3.63) is 46.0 Å². The van der Waals surface area contributed by atoms with Crippen LogP contribution in [0.5, 0.6) is 0 Å². The average Bonchev–Trinajstić information content (AvgIpc) is 2.89. The van der Waals surface area contributed by atoms with Crippen LogP contribution in [0.25, 0.3) is 0 Å². The second-order valence-electron chi connectivity index (χ2n) is 6.13. The van der Waals surface area contributed by atoms with Crippen molar-refractivity contribution in [3.8, 4) is 0 Å². The smallest absolute Gasteiger partial charge is 0.0957 e. The Bertz CT molecular complexity index is 555. The summed E-state index contributed by atoms with van der Waals surface area (Å²) in [4.78, 5) is 0.886. The van der Waals surface area contributed by atoms with E-state index in [1.807, 2.05) is 0 Å². The highest BCUT2D eigenvalue weighted by Crippen LogP contribution is 2.31. The molecule has 1 heterocycles. The minimum Gasteiger partial charge on any atom is -0.387 e. The molecule has 1 unspecified atom stereocenters. The van der Waals surface area contributed by atoms with Gasteiger partial charge in [-0.15, -0.1) is 5.10 Å². The van der Waals surface area contributed by atoms with Gasteiger partial charge in [-0.2, -0.15) is 0 Å².